The molecule has 1 aliphatic heterocycles. The van der Waals surface area contributed by atoms with Crippen molar-refractivity contribution in [2.45, 2.75) is 39.3 Å². The molecule has 1 atom stereocenters. The molecule has 2 N–H and O–H groups in total. The largest absolute Gasteiger partial charge is 0.444 e. The minimum absolute atomic E-state index is 0.237. The molecule has 40 heavy (non-hydrogen) atoms. The summed E-state index contributed by atoms with van der Waals surface area (Å²) in [5.41, 5.74) is 2.39. The lowest BCUT2D eigenvalue weighted by Crippen LogP contribution is -2.39. The molecule has 1 fully saturated rings. The minimum Gasteiger partial charge on any atom is -0.444 e. The first-order valence-electron chi connectivity index (χ1n) is 13.4. The van der Waals surface area contributed by atoms with E-state index in [9.17, 15) is 14.0 Å². The highest BCUT2D eigenvalue weighted by molar-refractivity contribution is 5.98. The number of anilines is 2. The molecule has 1 aromatic heterocycles. The van der Waals surface area contributed by atoms with E-state index >= 15 is 0 Å². The van der Waals surface area contributed by atoms with Crippen LogP contribution in [0.2, 0.25) is 0 Å². The molecule has 0 bridgehead atoms. The summed E-state index contributed by atoms with van der Waals surface area (Å²) in [6.45, 7) is 10.5. The van der Waals surface area contributed by atoms with Gasteiger partial charge in [-0.05, 0) is 58.0 Å². The summed E-state index contributed by atoms with van der Waals surface area (Å²) in [5, 5.41) is 6.18. The molecular formula is C29H37FN6O4. The van der Waals surface area contributed by atoms with E-state index in [1.54, 1.807) is 58.3 Å². The average molecular weight is 553 g/mol. The number of halogens is 1. The fraction of sp³-hybridized carbons (Fsp3) is 0.448. The predicted octanol–water partition coefficient (Wildman–Crippen LogP) is 4.38. The van der Waals surface area contributed by atoms with Gasteiger partial charge in [0.25, 0.3) is 5.91 Å². The summed E-state index contributed by atoms with van der Waals surface area (Å²) in [6.07, 6.45) is 1.25. The van der Waals surface area contributed by atoms with Crippen LogP contribution < -0.4 is 15.5 Å². The Labute approximate surface area is 233 Å². The number of fused-ring (bicyclic) bond motifs is 1. The van der Waals surface area contributed by atoms with Gasteiger partial charge in [0, 0.05) is 50.0 Å². The Morgan fingerprint density at radius 2 is 1.95 bits per heavy atom. The normalized spacial score (nSPS) is 14.5. The van der Waals surface area contributed by atoms with E-state index < -0.39 is 11.7 Å². The molecule has 0 saturated carbocycles. The van der Waals surface area contributed by atoms with E-state index in [0.29, 0.717) is 48.6 Å². The number of carbonyl (C=O) groups is 2. The molecule has 1 aliphatic rings. The Kier molecular flexibility index (Phi) is 9.03. The summed E-state index contributed by atoms with van der Waals surface area (Å²) in [5.74, 6) is 0.0797. The Bertz CT molecular complexity index is 1360. The van der Waals surface area contributed by atoms with Crippen LogP contribution in [0, 0.1) is 5.82 Å². The van der Waals surface area contributed by atoms with Gasteiger partial charge in [-0.1, -0.05) is 6.07 Å². The number of benzene rings is 2. The van der Waals surface area contributed by atoms with Crippen molar-refractivity contribution in [2.75, 3.05) is 56.7 Å². The zero-order chi connectivity index (χ0) is 28.9. The quantitative estimate of drug-likeness (QED) is 0.424. The molecule has 0 spiro atoms. The second kappa shape index (κ2) is 12.5. The number of carbonyl (C=O) groups excluding carboxylic acids is 2. The molecule has 2 amide bonds. The maximum atomic E-state index is 13.8. The summed E-state index contributed by atoms with van der Waals surface area (Å²) in [6, 6.07) is 9.39. The zero-order valence-corrected chi connectivity index (χ0v) is 23.7. The second-order valence-corrected chi connectivity index (χ2v) is 10.8. The van der Waals surface area contributed by atoms with Gasteiger partial charge in [-0.25, -0.2) is 14.2 Å². The SMILES string of the molecule is CC(Nc1cccc(F)c1)c1cc(C(=O)NCCN(C)C(=O)OC(C)(C)C)cc2ncc(N3CCOCC3)nc12. The van der Waals surface area contributed by atoms with E-state index in [1.807, 2.05) is 6.92 Å². The number of nitrogens with zero attached hydrogens (tertiary/aromatic N) is 4. The standard InChI is InChI=1S/C29H37FN6O4/c1-19(33-22-8-6-7-21(30)17-22)23-15-20(27(37)31-9-10-35(5)28(38)40-29(2,3)4)16-24-26(23)34-25(18-32-24)36-11-13-39-14-12-36/h6-8,15-19,33H,9-14H2,1-5H3,(H,31,37). The first-order chi connectivity index (χ1) is 19.0. The maximum absolute atomic E-state index is 13.8. The molecule has 2 heterocycles. The molecule has 11 heteroatoms. The average Bonchev–Trinajstić information content (AvgIpc) is 2.91. The first-order valence-corrected chi connectivity index (χ1v) is 13.4. The molecule has 1 unspecified atom stereocenters. The van der Waals surface area contributed by atoms with Crippen molar-refractivity contribution in [3.8, 4) is 0 Å². The van der Waals surface area contributed by atoms with Gasteiger partial charge in [-0.2, -0.15) is 0 Å². The third-order valence-corrected chi connectivity index (χ3v) is 6.37. The molecule has 2 aromatic carbocycles. The Balaban J connectivity index is 1.57. The summed E-state index contributed by atoms with van der Waals surface area (Å²) < 4.78 is 24.7. The molecule has 0 radical (unpaired) electrons. The maximum Gasteiger partial charge on any atom is 0.410 e. The van der Waals surface area contributed by atoms with Crippen LogP contribution in [0.5, 0.6) is 0 Å². The number of aromatic nitrogens is 2. The van der Waals surface area contributed by atoms with Crippen molar-refractivity contribution >= 4 is 34.5 Å². The van der Waals surface area contributed by atoms with Gasteiger partial charge >= 0.3 is 6.09 Å². The Morgan fingerprint density at radius 3 is 2.65 bits per heavy atom. The van der Waals surface area contributed by atoms with Crippen molar-refractivity contribution in [1.29, 1.82) is 0 Å². The van der Waals surface area contributed by atoms with Crippen LogP contribution >= 0.6 is 0 Å². The molecule has 3 aromatic rings. The van der Waals surface area contributed by atoms with Gasteiger partial charge in [0.05, 0.1) is 36.5 Å². The topological polar surface area (TPSA) is 109 Å². The second-order valence-electron chi connectivity index (χ2n) is 10.8. The lowest BCUT2D eigenvalue weighted by Gasteiger charge is -2.28. The van der Waals surface area contributed by atoms with Gasteiger partial charge in [-0.3, -0.25) is 9.78 Å². The number of rotatable bonds is 8. The molecule has 214 valence electrons. The molecule has 4 rings (SSSR count). The number of morpholine rings is 1. The monoisotopic (exact) mass is 552 g/mol. The minimum atomic E-state index is -0.602. The third kappa shape index (κ3) is 7.56. The van der Waals surface area contributed by atoms with Gasteiger partial charge in [0.2, 0.25) is 0 Å². The van der Waals surface area contributed by atoms with Gasteiger partial charge in [-0.15, -0.1) is 0 Å². The Hall–Kier alpha value is -3.99. The lowest BCUT2D eigenvalue weighted by molar-refractivity contribution is 0.0299. The Morgan fingerprint density at radius 1 is 1.20 bits per heavy atom. The van der Waals surface area contributed by atoms with Crippen LogP contribution in [-0.4, -0.2) is 78.9 Å². The van der Waals surface area contributed by atoms with Crippen molar-refractivity contribution in [3.05, 3.63) is 59.5 Å². The van der Waals surface area contributed by atoms with E-state index in [1.165, 1.54) is 17.0 Å². The van der Waals surface area contributed by atoms with Crippen LogP contribution in [-0.2, 0) is 9.47 Å². The predicted molar refractivity (Wildman–Crippen MR) is 152 cm³/mol. The molecule has 0 aliphatic carbocycles. The van der Waals surface area contributed by atoms with Crippen LogP contribution in [0.25, 0.3) is 11.0 Å². The summed E-state index contributed by atoms with van der Waals surface area (Å²) >= 11 is 0. The lowest BCUT2D eigenvalue weighted by atomic mass is 10.0. The summed E-state index contributed by atoms with van der Waals surface area (Å²) in [7, 11) is 1.62. The van der Waals surface area contributed by atoms with Crippen molar-refractivity contribution in [1.82, 2.24) is 20.2 Å². The first kappa shape index (κ1) is 29.0. The van der Waals surface area contributed by atoms with Crippen molar-refractivity contribution in [3.63, 3.8) is 0 Å². The number of hydrogen-bond donors (Lipinski definition) is 2. The van der Waals surface area contributed by atoms with E-state index in [-0.39, 0.29) is 30.9 Å². The highest BCUT2D eigenvalue weighted by Gasteiger charge is 2.21. The molecule has 10 nitrogen and oxygen atoms in total. The molecular weight excluding hydrogens is 515 g/mol. The number of amides is 2. The fourth-order valence-electron chi connectivity index (χ4n) is 4.31. The van der Waals surface area contributed by atoms with Crippen LogP contribution in [0.15, 0.2) is 42.6 Å². The van der Waals surface area contributed by atoms with Gasteiger partial charge in [0.15, 0.2) is 0 Å². The number of likely N-dealkylation sites (N-methyl/N-ethyl adjacent to an activating group) is 1. The zero-order valence-electron chi connectivity index (χ0n) is 23.7. The van der Waals surface area contributed by atoms with E-state index in [0.717, 1.165) is 11.4 Å². The van der Waals surface area contributed by atoms with E-state index in [4.69, 9.17) is 14.5 Å². The van der Waals surface area contributed by atoms with Crippen LogP contribution in [0.4, 0.5) is 20.7 Å². The van der Waals surface area contributed by atoms with Gasteiger partial charge < -0.3 is 29.9 Å². The highest BCUT2D eigenvalue weighted by atomic mass is 19.1. The van der Waals surface area contributed by atoms with Gasteiger partial charge in [0.1, 0.15) is 17.2 Å². The smallest absolute Gasteiger partial charge is 0.410 e. The number of hydrogen-bond acceptors (Lipinski definition) is 8. The van der Waals surface area contributed by atoms with E-state index in [2.05, 4.69) is 20.5 Å². The number of nitrogens with one attached hydrogen (secondary N) is 2. The van der Waals surface area contributed by atoms with Crippen molar-refractivity contribution in [2.24, 2.45) is 0 Å². The van der Waals surface area contributed by atoms with Crippen molar-refractivity contribution < 1.29 is 23.5 Å². The molecule has 1 saturated heterocycles. The number of ether oxygens (including phenoxy) is 2. The van der Waals surface area contributed by atoms with Crippen LogP contribution in [0.3, 0.4) is 0 Å². The fourth-order valence-corrected chi connectivity index (χ4v) is 4.31. The summed E-state index contributed by atoms with van der Waals surface area (Å²) in [4.78, 5) is 38.5. The van der Waals surface area contributed by atoms with Crippen LogP contribution in [0.1, 0.15) is 49.7 Å². The highest BCUT2D eigenvalue weighted by Crippen LogP contribution is 2.29. The third-order valence-electron chi connectivity index (χ3n) is 6.37.